The van der Waals surface area contributed by atoms with Gasteiger partial charge in [-0.15, -0.1) is 5.10 Å². The lowest BCUT2D eigenvalue weighted by Gasteiger charge is -2.03. The SMILES string of the molecule is N#Cc1ccc(-n2nc(Nc3ccc4c(c3)OCO4)nc2N)nc1. The van der Waals surface area contributed by atoms with Gasteiger partial charge in [-0.3, -0.25) is 0 Å². The van der Waals surface area contributed by atoms with E-state index in [4.69, 9.17) is 20.5 Å². The summed E-state index contributed by atoms with van der Waals surface area (Å²) >= 11 is 0. The number of hydrogen-bond donors (Lipinski definition) is 2. The van der Waals surface area contributed by atoms with Gasteiger partial charge in [-0.1, -0.05) is 0 Å². The van der Waals surface area contributed by atoms with Crippen LogP contribution in [0.2, 0.25) is 0 Å². The molecular weight excluding hydrogens is 310 g/mol. The molecule has 0 spiro atoms. The molecule has 9 nitrogen and oxygen atoms in total. The lowest BCUT2D eigenvalue weighted by Crippen LogP contribution is -2.04. The van der Waals surface area contributed by atoms with Crippen LogP contribution in [0.15, 0.2) is 36.5 Å². The van der Waals surface area contributed by atoms with Crippen molar-refractivity contribution in [3.63, 3.8) is 0 Å². The molecule has 9 heteroatoms. The van der Waals surface area contributed by atoms with E-state index in [-0.39, 0.29) is 12.7 Å². The van der Waals surface area contributed by atoms with Crippen LogP contribution in [0.1, 0.15) is 5.56 Å². The van der Waals surface area contributed by atoms with Crippen molar-refractivity contribution in [2.24, 2.45) is 0 Å². The molecule has 0 aliphatic carbocycles. The Kier molecular flexibility index (Phi) is 3.13. The number of nitrogens with one attached hydrogen (secondary N) is 1. The van der Waals surface area contributed by atoms with Crippen LogP contribution in [0, 0.1) is 11.3 Å². The molecule has 3 heterocycles. The minimum absolute atomic E-state index is 0.176. The fourth-order valence-corrected chi connectivity index (χ4v) is 2.23. The Balaban J connectivity index is 1.60. The van der Waals surface area contributed by atoms with Crippen molar-refractivity contribution < 1.29 is 9.47 Å². The molecule has 3 N–H and O–H groups in total. The van der Waals surface area contributed by atoms with Crippen LogP contribution in [0.25, 0.3) is 5.82 Å². The molecule has 0 saturated carbocycles. The van der Waals surface area contributed by atoms with Crippen LogP contribution >= 0.6 is 0 Å². The number of benzene rings is 1. The number of pyridine rings is 1. The fourth-order valence-electron chi connectivity index (χ4n) is 2.23. The Labute approximate surface area is 136 Å². The molecule has 24 heavy (non-hydrogen) atoms. The van der Waals surface area contributed by atoms with Gasteiger partial charge in [0.2, 0.25) is 18.7 Å². The minimum Gasteiger partial charge on any atom is -0.454 e. The van der Waals surface area contributed by atoms with Gasteiger partial charge in [0.25, 0.3) is 0 Å². The molecule has 1 aliphatic heterocycles. The number of ether oxygens (including phenoxy) is 2. The van der Waals surface area contributed by atoms with Gasteiger partial charge in [-0.25, -0.2) is 4.98 Å². The van der Waals surface area contributed by atoms with E-state index in [9.17, 15) is 0 Å². The van der Waals surface area contributed by atoms with Crippen LogP contribution in [0.4, 0.5) is 17.6 Å². The van der Waals surface area contributed by atoms with Crippen molar-refractivity contribution in [3.8, 4) is 23.4 Å². The summed E-state index contributed by atoms with van der Waals surface area (Å²) in [6.07, 6.45) is 1.45. The van der Waals surface area contributed by atoms with E-state index in [2.05, 4.69) is 20.4 Å². The van der Waals surface area contributed by atoms with Crippen LogP contribution in [-0.2, 0) is 0 Å². The zero-order chi connectivity index (χ0) is 16.5. The topological polar surface area (TPSA) is 124 Å². The third kappa shape index (κ3) is 2.42. The maximum absolute atomic E-state index is 8.81. The smallest absolute Gasteiger partial charge is 0.248 e. The highest BCUT2D eigenvalue weighted by Gasteiger charge is 2.15. The number of nitrogens with two attached hydrogens (primary N) is 1. The molecule has 0 amide bonds. The lowest BCUT2D eigenvalue weighted by atomic mass is 10.3. The standard InChI is InChI=1S/C15H11N7O2/c16-6-9-1-4-13(18-7-9)22-14(17)20-15(21-22)19-10-2-3-11-12(5-10)24-8-23-11/h1-5,7H,8H2,(H3,17,19,20,21). The quantitative estimate of drug-likeness (QED) is 0.745. The van der Waals surface area contributed by atoms with Gasteiger partial charge in [0.1, 0.15) is 6.07 Å². The van der Waals surface area contributed by atoms with Crippen LogP contribution < -0.4 is 20.5 Å². The van der Waals surface area contributed by atoms with E-state index in [0.717, 1.165) is 5.69 Å². The molecule has 3 aromatic rings. The average molecular weight is 321 g/mol. The highest BCUT2D eigenvalue weighted by atomic mass is 16.7. The molecule has 0 bridgehead atoms. The summed E-state index contributed by atoms with van der Waals surface area (Å²) in [6.45, 7) is 0.211. The Hall–Kier alpha value is -3.80. The van der Waals surface area contributed by atoms with Gasteiger partial charge in [-0.05, 0) is 24.3 Å². The number of rotatable bonds is 3. The normalized spacial score (nSPS) is 12.0. The Morgan fingerprint density at radius 1 is 1.21 bits per heavy atom. The van der Waals surface area contributed by atoms with Gasteiger partial charge in [0, 0.05) is 18.0 Å². The van der Waals surface area contributed by atoms with Crippen LogP contribution in [0.3, 0.4) is 0 Å². The third-order valence-electron chi connectivity index (χ3n) is 3.35. The predicted octanol–water partition coefficient (Wildman–Crippen LogP) is 1.59. The second-order valence-corrected chi connectivity index (χ2v) is 4.92. The van der Waals surface area contributed by atoms with Crippen LogP contribution in [0.5, 0.6) is 11.5 Å². The first-order chi connectivity index (χ1) is 11.7. The van der Waals surface area contributed by atoms with Crippen molar-refractivity contribution in [3.05, 3.63) is 42.1 Å². The number of aromatic nitrogens is 4. The van der Waals surface area contributed by atoms with Gasteiger partial charge in [0.05, 0.1) is 5.56 Å². The molecule has 1 aliphatic rings. The molecule has 4 rings (SSSR count). The van der Waals surface area contributed by atoms with Gasteiger partial charge < -0.3 is 20.5 Å². The first-order valence-electron chi connectivity index (χ1n) is 6.99. The monoisotopic (exact) mass is 321 g/mol. The first-order valence-corrected chi connectivity index (χ1v) is 6.99. The van der Waals surface area contributed by atoms with Crippen molar-refractivity contribution in [2.45, 2.75) is 0 Å². The highest BCUT2D eigenvalue weighted by molar-refractivity contribution is 5.61. The molecule has 0 unspecified atom stereocenters. The predicted molar refractivity (Wildman–Crippen MR) is 84.1 cm³/mol. The summed E-state index contributed by atoms with van der Waals surface area (Å²) in [6, 6.07) is 10.7. The summed E-state index contributed by atoms with van der Waals surface area (Å²) in [5, 5.41) is 16.1. The fraction of sp³-hybridized carbons (Fsp3) is 0.0667. The molecule has 0 fully saturated rings. The summed E-state index contributed by atoms with van der Waals surface area (Å²) in [7, 11) is 0. The molecule has 118 valence electrons. The Morgan fingerprint density at radius 2 is 2.08 bits per heavy atom. The number of nitrogens with zero attached hydrogens (tertiary/aromatic N) is 5. The summed E-state index contributed by atoms with van der Waals surface area (Å²) in [5.74, 6) is 2.31. The van der Waals surface area contributed by atoms with Crippen molar-refractivity contribution >= 4 is 17.6 Å². The Bertz CT molecular complexity index is 943. The number of nitrogen functional groups attached to an aromatic ring is 1. The minimum atomic E-state index is 0.176. The molecule has 0 saturated heterocycles. The summed E-state index contributed by atoms with van der Waals surface area (Å²) in [5.41, 5.74) is 7.08. The summed E-state index contributed by atoms with van der Waals surface area (Å²) < 4.78 is 12.0. The van der Waals surface area contributed by atoms with E-state index >= 15 is 0 Å². The maximum atomic E-state index is 8.81. The Morgan fingerprint density at radius 3 is 2.88 bits per heavy atom. The van der Waals surface area contributed by atoms with E-state index in [1.54, 1.807) is 24.3 Å². The van der Waals surface area contributed by atoms with Gasteiger partial charge in [0.15, 0.2) is 17.3 Å². The van der Waals surface area contributed by atoms with Gasteiger partial charge >= 0.3 is 0 Å². The van der Waals surface area contributed by atoms with Crippen LogP contribution in [-0.4, -0.2) is 26.5 Å². The van der Waals surface area contributed by atoms with Crippen molar-refractivity contribution in [1.29, 1.82) is 5.26 Å². The van der Waals surface area contributed by atoms with Crippen molar-refractivity contribution in [1.82, 2.24) is 19.7 Å². The second-order valence-electron chi connectivity index (χ2n) is 4.92. The maximum Gasteiger partial charge on any atom is 0.248 e. The number of anilines is 3. The highest BCUT2D eigenvalue weighted by Crippen LogP contribution is 2.34. The van der Waals surface area contributed by atoms with Gasteiger partial charge in [-0.2, -0.15) is 14.9 Å². The average Bonchev–Trinajstić information content (AvgIpc) is 3.21. The number of hydrogen-bond acceptors (Lipinski definition) is 8. The van der Waals surface area contributed by atoms with E-state index in [1.165, 1.54) is 10.9 Å². The molecule has 2 aromatic heterocycles. The lowest BCUT2D eigenvalue weighted by molar-refractivity contribution is 0.174. The zero-order valence-corrected chi connectivity index (χ0v) is 12.3. The summed E-state index contributed by atoms with van der Waals surface area (Å²) in [4.78, 5) is 8.30. The number of nitriles is 1. The molecule has 0 radical (unpaired) electrons. The zero-order valence-electron chi connectivity index (χ0n) is 12.3. The largest absolute Gasteiger partial charge is 0.454 e. The van der Waals surface area contributed by atoms with E-state index in [1.807, 2.05) is 12.1 Å². The first kappa shape index (κ1) is 13.8. The van der Waals surface area contributed by atoms with E-state index < -0.39 is 0 Å². The molecule has 0 atom stereocenters. The van der Waals surface area contributed by atoms with Crippen molar-refractivity contribution in [2.75, 3.05) is 17.8 Å². The number of fused-ring (bicyclic) bond motifs is 1. The molecular formula is C15H11N7O2. The second kappa shape index (κ2) is 5.44. The van der Waals surface area contributed by atoms with E-state index in [0.29, 0.717) is 28.8 Å². The molecule has 1 aromatic carbocycles. The third-order valence-corrected chi connectivity index (χ3v) is 3.35.